The monoisotopic (exact) mass is 287 g/mol. The fourth-order valence-electron chi connectivity index (χ4n) is 1.32. The molecule has 4 heteroatoms. The summed E-state index contributed by atoms with van der Waals surface area (Å²) in [4.78, 5) is 0. The number of aliphatic hydroxyl groups is 1. The minimum atomic E-state index is 0.0262. The Labute approximate surface area is 105 Å². The van der Waals surface area contributed by atoms with Gasteiger partial charge in [0, 0.05) is 18.2 Å². The molecule has 0 saturated heterocycles. The van der Waals surface area contributed by atoms with Crippen LogP contribution in [0.15, 0.2) is 22.7 Å². The molecule has 0 saturated carbocycles. The Hall–Kier alpha value is -0.580. The van der Waals surface area contributed by atoms with E-state index in [1.54, 1.807) is 0 Å². The normalized spacial score (nSPS) is 10.8. The van der Waals surface area contributed by atoms with Crippen molar-refractivity contribution in [2.45, 2.75) is 26.4 Å². The lowest BCUT2D eigenvalue weighted by Crippen LogP contribution is -2.22. The molecule has 2 N–H and O–H groups in total. The van der Waals surface area contributed by atoms with E-state index in [2.05, 4.69) is 35.1 Å². The van der Waals surface area contributed by atoms with Crippen molar-refractivity contribution in [3.05, 3.63) is 28.2 Å². The quantitative estimate of drug-likeness (QED) is 0.844. The molecule has 0 aromatic heterocycles. The minimum Gasteiger partial charge on any atom is -0.490 e. The van der Waals surface area contributed by atoms with Gasteiger partial charge >= 0.3 is 0 Å². The maximum absolute atomic E-state index is 8.77. The molecule has 0 heterocycles. The van der Waals surface area contributed by atoms with Gasteiger partial charge in [-0.3, -0.25) is 0 Å². The van der Waals surface area contributed by atoms with Crippen molar-refractivity contribution < 1.29 is 9.84 Å². The van der Waals surface area contributed by atoms with Crippen LogP contribution in [-0.4, -0.2) is 24.4 Å². The largest absolute Gasteiger partial charge is 0.490 e. The lowest BCUT2D eigenvalue weighted by atomic mass is 10.2. The standard InChI is InChI=1S/C12H18BrNO2/c1-9(2)14-8-10-4-3-5-11(13)12(10)16-7-6-15/h3-5,9,14-15H,6-8H2,1-2H3. The second-order valence-electron chi connectivity index (χ2n) is 3.84. The predicted molar refractivity (Wildman–Crippen MR) is 68.7 cm³/mol. The van der Waals surface area contributed by atoms with Crippen LogP contribution in [-0.2, 0) is 6.54 Å². The summed E-state index contributed by atoms with van der Waals surface area (Å²) in [6.45, 7) is 5.31. The van der Waals surface area contributed by atoms with Crippen molar-refractivity contribution in [1.82, 2.24) is 5.32 Å². The van der Waals surface area contributed by atoms with E-state index >= 15 is 0 Å². The highest BCUT2D eigenvalue weighted by atomic mass is 79.9. The van der Waals surface area contributed by atoms with Gasteiger partial charge in [-0.2, -0.15) is 0 Å². The number of hydrogen-bond donors (Lipinski definition) is 2. The van der Waals surface area contributed by atoms with Crippen molar-refractivity contribution in [2.75, 3.05) is 13.2 Å². The van der Waals surface area contributed by atoms with Gasteiger partial charge in [0.1, 0.15) is 12.4 Å². The Kier molecular flexibility index (Phi) is 5.80. The van der Waals surface area contributed by atoms with Crippen LogP contribution >= 0.6 is 15.9 Å². The summed E-state index contributed by atoms with van der Waals surface area (Å²) in [6, 6.07) is 6.37. The zero-order chi connectivity index (χ0) is 12.0. The number of halogens is 1. The second-order valence-corrected chi connectivity index (χ2v) is 4.69. The van der Waals surface area contributed by atoms with E-state index in [1.807, 2.05) is 18.2 Å². The Morgan fingerprint density at radius 1 is 1.44 bits per heavy atom. The summed E-state index contributed by atoms with van der Waals surface area (Å²) in [7, 11) is 0. The molecule has 1 rings (SSSR count). The molecular formula is C12H18BrNO2. The third-order valence-electron chi connectivity index (χ3n) is 2.09. The number of hydrogen-bond acceptors (Lipinski definition) is 3. The van der Waals surface area contributed by atoms with Gasteiger partial charge in [0.05, 0.1) is 11.1 Å². The molecule has 0 aliphatic heterocycles. The zero-order valence-electron chi connectivity index (χ0n) is 9.66. The zero-order valence-corrected chi connectivity index (χ0v) is 11.3. The molecule has 0 fully saturated rings. The van der Waals surface area contributed by atoms with Crippen LogP contribution in [0.4, 0.5) is 0 Å². The van der Waals surface area contributed by atoms with Crippen molar-refractivity contribution in [3.8, 4) is 5.75 Å². The molecule has 0 aliphatic carbocycles. The van der Waals surface area contributed by atoms with E-state index in [0.717, 1.165) is 22.3 Å². The Morgan fingerprint density at radius 3 is 2.81 bits per heavy atom. The van der Waals surface area contributed by atoms with Crippen LogP contribution in [0.25, 0.3) is 0 Å². The Bertz CT molecular complexity index is 329. The first-order chi connectivity index (χ1) is 7.65. The fraction of sp³-hybridized carbons (Fsp3) is 0.500. The van der Waals surface area contributed by atoms with Crippen LogP contribution in [0, 0.1) is 0 Å². The molecule has 0 aliphatic rings. The van der Waals surface area contributed by atoms with E-state index < -0.39 is 0 Å². The number of aliphatic hydroxyl groups excluding tert-OH is 1. The fourth-order valence-corrected chi connectivity index (χ4v) is 1.84. The molecule has 1 aromatic rings. The van der Waals surface area contributed by atoms with Crippen LogP contribution in [0.5, 0.6) is 5.75 Å². The van der Waals surface area contributed by atoms with Crippen molar-refractivity contribution >= 4 is 15.9 Å². The number of rotatable bonds is 6. The molecule has 0 radical (unpaired) electrons. The first kappa shape index (κ1) is 13.5. The maximum atomic E-state index is 8.77. The molecular weight excluding hydrogens is 270 g/mol. The van der Waals surface area contributed by atoms with Gasteiger partial charge in [-0.1, -0.05) is 26.0 Å². The van der Waals surface area contributed by atoms with Gasteiger partial charge in [0.2, 0.25) is 0 Å². The number of nitrogens with one attached hydrogen (secondary N) is 1. The van der Waals surface area contributed by atoms with E-state index in [-0.39, 0.29) is 6.61 Å². The third kappa shape index (κ3) is 4.12. The summed E-state index contributed by atoms with van der Waals surface area (Å²) >= 11 is 3.45. The smallest absolute Gasteiger partial charge is 0.138 e. The molecule has 3 nitrogen and oxygen atoms in total. The van der Waals surface area contributed by atoms with E-state index in [4.69, 9.17) is 9.84 Å². The van der Waals surface area contributed by atoms with Gasteiger partial charge in [-0.25, -0.2) is 0 Å². The van der Waals surface area contributed by atoms with Crippen LogP contribution < -0.4 is 10.1 Å². The number of ether oxygens (including phenoxy) is 1. The first-order valence-corrected chi connectivity index (χ1v) is 6.19. The van der Waals surface area contributed by atoms with E-state index in [1.165, 1.54) is 0 Å². The highest BCUT2D eigenvalue weighted by molar-refractivity contribution is 9.10. The summed E-state index contributed by atoms with van der Waals surface area (Å²) in [5.74, 6) is 0.810. The average molecular weight is 288 g/mol. The van der Waals surface area contributed by atoms with Crippen molar-refractivity contribution in [1.29, 1.82) is 0 Å². The summed E-state index contributed by atoms with van der Waals surface area (Å²) < 4.78 is 6.43. The van der Waals surface area contributed by atoms with Gasteiger partial charge in [-0.05, 0) is 22.0 Å². The maximum Gasteiger partial charge on any atom is 0.138 e. The summed E-state index contributed by atoms with van der Waals surface area (Å²) in [5.41, 5.74) is 1.09. The Morgan fingerprint density at radius 2 is 2.19 bits per heavy atom. The summed E-state index contributed by atoms with van der Waals surface area (Å²) in [6.07, 6.45) is 0. The molecule has 90 valence electrons. The highest BCUT2D eigenvalue weighted by Gasteiger charge is 2.08. The third-order valence-corrected chi connectivity index (χ3v) is 2.71. The molecule has 0 bridgehead atoms. The number of para-hydroxylation sites is 1. The number of benzene rings is 1. The van der Waals surface area contributed by atoms with Crippen LogP contribution in [0.2, 0.25) is 0 Å². The van der Waals surface area contributed by atoms with Crippen molar-refractivity contribution in [2.24, 2.45) is 0 Å². The molecule has 16 heavy (non-hydrogen) atoms. The van der Waals surface area contributed by atoms with Gasteiger partial charge in [0.15, 0.2) is 0 Å². The molecule has 0 atom stereocenters. The molecule has 0 spiro atoms. The van der Waals surface area contributed by atoms with Gasteiger partial charge < -0.3 is 15.2 Å². The molecule has 1 aromatic carbocycles. The molecule has 0 unspecified atom stereocenters. The van der Waals surface area contributed by atoms with Crippen molar-refractivity contribution in [3.63, 3.8) is 0 Å². The van der Waals surface area contributed by atoms with Crippen LogP contribution in [0.3, 0.4) is 0 Å². The lowest BCUT2D eigenvalue weighted by Gasteiger charge is -2.14. The second kappa shape index (κ2) is 6.89. The topological polar surface area (TPSA) is 41.5 Å². The van der Waals surface area contributed by atoms with E-state index in [9.17, 15) is 0 Å². The Balaban J connectivity index is 2.76. The van der Waals surface area contributed by atoms with E-state index in [0.29, 0.717) is 12.6 Å². The lowest BCUT2D eigenvalue weighted by molar-refractivity contribution is 0.199. The minimum absolute atomic E-state index is 0.0262. The highest BCUT2D eigenvalue weighted by Crippen LogP contribution is 2.29. The van der Waals surface area contributed by atoms with Crippen LogP contribution in [0.1, 0.15) is 19.4 Å². The molecule has 0 amide bonds. The SMILES string of the molecule is CC(C)NCc1cccc(Br)c1OCCO. The van der Waals surface area contributed by atoms with Gasteiger partial charge in [0.25, 0.3) is 0 Å². The average Bonchev–Trinajstić information content (AvgIpc) is 2.25. The summed E-state index contributed by atoms with van der Waals surface area (Å²) in [5, 5.41) is 12.1. The first-order valence-electron chi connectivity index (χ1n) is 5.39. The van der Waals surface area contributed by atoms with Gasteiger partial charge in [-0.15, -0.1) is 0 Å². The predicted octanol–water partition coefficient (Wildman–Crippen LogP) is 2.32.